The molecule has 0 aliphatic carbocycles. The average Bonchev–Trinajstić information content (AvgIpc) is 2.45. The molecule has 0 saturated heterocycles. The van der Waals surface area contributed by atoms with E-state index in [2.05, 4.69) is 5.32 Å². The molecule has 1 amide bonds. The number of rotatable bonds is 6. The highest BCUT2D eigenvalue weighted by molar-refractivity contribution is 5.81. The standard InChI is InChI=1S/C14H19F3N2O2/c1-3-6-19(8-13(21)18-2)12-5-4-10(9-20)7-11(12)14(15,16)17/h4-5,7,20H,3,6,8-9H2,1-2H3,(H,18,21). The number of hydrogen-bond acceptors (Lipinski definition) is 3. The molecule has 0 atom stereocenters. The Balaban J connectivity index is 3.26. The Morgan fingerprint density at radius 1 is 1.38 bits per heavy atom. The van der Waals surface area contributed by atoms with Crippen LogP contribution in [0.2, 0.25) is 0 Å². The second-order valence-electron chi connectivity index (χ2n) is 4.60. The smallest absolute Gasteiger partial charge is 0.392 e. The molecule has 0 heterocycles. The summed E-state index contributed by atoms with van der Waals surface area (Å²) >= 11 is 0. The van der Waals surface area contributed by atoms with Crippen molar-refractivity contribution in [2.45, 2.75) is 26.1 Å². The van der Waals surface area contributed by atoms with Crippen molar-refractivity contribution in [3.05, 3.63) is 29.3 Å². The zero-order valence-corrected chi connectivity index (χ0v) is 12.0. The van der Waals surface area contributed by atoms with Crippen LogP contribution in [-0.4, -0.2) is 31.2 Å². The molecule has 118 valence electrons. The van der Waals surface area contributed by atoms with E-state index < -0.39 is 18.3 Å². The molecule has 0 aliphatic heterocycles. The van der Waals surface area contributed by atoms with E-state index in [1.54, 1.807) is 0 Å². The van der Waals surface area contributed by atoms with Gasteiger partial charge in [-0.3, -0.25) is 4.79 Å². The third-order valence-corrected chi connectivity index (χ3v) is 3.00. The first-order valence-corrected chi connectivity index (χ1v) is 6.60. The summed E-state index contributed by atoms with van der Waals surface area (Å²) in [4.78, 5) is 12.9. The van der Waals surface area contributed by atoms with E-state index in [0.29, 0.717) is 13.0 Å². The van der Waals surface area contributed by atoms with Crippen LogP contribution in [-0.2, 0) is 17.6 Å². The quantitative estimate of drug-likeness (QED) is 0.847. The van der Waals surface area contributed by atoms with Gasteiger partial charge in [0.1, 0.15) is 0 Å². The molecule has 0 fully saturated rings. The van der Waals surface area contributed by atoms with Gasteiger partial charge in [0.2, 0.25) is 5.91 Å². The van der Waals surface area contributed by atoms with Gasteiger partial charge in [-0.05, 0) is 24.1 Å². The zero-order chi connectivity index (χ0) is 16.0. The van der Waals surface area contributed by atoms with Gasteiger partial charge in [-0.15, -0.1) is 0 Å². The topological polar surface area (TPSA) is 52.6 Å². The molecule has 21 heavy (non-hydrogen) atoms. The predicted molar refractivity (Wildman–Crippen MR) is 73.9 cm³/mol. The van der Waals surface area contributed by atoms with Crippen molar-refractivity contribution >= 4 is 11.6 Å². The maximum atomic E-state index is 13.2. The van der Waals surface area contributed by atoms with Crippen LogP contribution >= 0.6 is 0 Å². The van der Waals surface area contributed by atoms with E-state index >= 15 is 0 Å². The van der Waals surface area contributed by atoms with E-state index in [9.17, 15) is 18.0 Å². The van der Waals surface area contributed by atoms with Gasteiger partial charge in [0, 0.05) is 19.3 Å². The number of aliphatic hydroxyl groups is 1. The van der Waals surface area contributed by atoms with Crippen LogP contribution in [0, 0.1) is 0 Å². The van der Waals surface area contributed by atoms with Crippen molar-refractivity contribution in [2.24, 2.45) is 0 Å². The highest BCUT2D eigenvalue weighted by Crippen LogP contribution is 2.37. The lowest BCUT2D eigenvalue weighted by Gasteiger charge is -2.27. The summed E-state index contributed by atoms with van der Waals surface area (Å²) in [6.07, 6.45) is -3.94. The normalized spacial score (nSPS) is 11.3. The number of benzene rings is 1. The minimum atomic E-state index is -4.55. The van der Waals surface area contributed by atoms with Crippen LogP contribution in [0.5, 0.6) is 0 Å². The molecular formula is C14H19F3N2O2. The zero-order valence-electron chi connectivity index (χ0n) is 12.0. The molecule has 4 nitrogen and oxygen atoms in total. The largest absolute Gasteiger partial charge is 0.418 e. The van der Waals surface area contributed by atoms with Crippen molar-refractivity contribution in [3.63, 3.8) is 0 Å². The second-order valence-corrected chi connectivity index (χ2v) is 4.60. The van der Waals surface area contributed by atoms with E-state index in [-0.39, 0.29) is 23.7 Å². The van der Waals surface area contributed by atoms with Gasteiger partial charge in [-0.2, -0.15) is 13.2 Å². The molecule has 2 N–H and O–H groups in total. The van der Waals surface area contributed by atoms with Gasteiger partial charge in [0.15, 0.2) is 0 Å². The van der Waals surface area contributed by atoms with E-state index in [1.807, 2.05) is 6.92 Å². The fourth-order valence-corrected chi connectivity index (χ4v) is 1.99. The summed E-state index contributed by atoms with van der Waals surface area (Å²) in [6, 6.07) is 3.64. The summed E-state index contributed by atoms with van der Waals surface area (Å²) in [5.41, 5.74) is -0.709. The number of nitrogens with zero attached hydrogens (tertiary/aromatic N) is 1. The van der Waals surface area contributed by atoms with Crippen molar-refractivity contribution in [2.75, 3.05) is 25.0 Å². The van der Waals surface area contributed by atoms with Gasteiger partial charge >= 0.3 is 6.18 Å². The molecule has 1 rings (SSSR count). The molecule has 7 heteroatoms. The third-order valence-electron chi connectivity index (χ3n) is 3.00. The summed E-state index contributed by atoms with van der Waals surface area (Å²) in [5.74, 6) is -0.359. The molecule has 0 saturated carbocycles. The average molecular weight is 304 g/mol. The Morgan fingerprint density at radius 3 is 2.52 bits per heavy atom. The lowest BCUT2D eigenvalue weighted by atomic mass is 10.1. The Kier molecular flexibility index (Phi) is 6.02. The van der Waals surface area contributed by atoms with Crippen LogP contribution in [0.25, 0.3) is 0 Å². The number of hydrogen-bond donors (Lipinski definition) is 2. The maximum absolute atomic E-state index is 13.2. The number of carbonyl (C=O) groups excluding carboxylic acids is 1. The summed E-state index contributed by atoms with van der Waals surface area (Å²) in [7, 11) is 1.44. The Labute approximate surface area is 121 Å². The first-order chi connectivity index (χ1) is 9.83. The van der Waals surface area contributed by atoms with E-state index in [4.69, 9.17) is 5.11 Å². The molecule has 0 spiro atoms. The molecule has 0 unspecified atom stereocenters. The molecule has 0 aliphatic rings. The molecule has 0 radical (unpaired) electrons. The van der Waals surface area contributed by atoms with Gasteiger partial charge in [-0.25, -0.2) is 0 Å². The summed E-state index contributed by atoms with van der Waals surface area (Å²) in [6.45, 7) is 1.54. The van der Waals surface area contributed by atoms with E-state index in [0.717, 1.165) is 6.07 Å². The van der Waals surface area contributed by atoms with Crippen LogP contribution in [0.4, 0.5) is 18.9 Å². The first-order valence-electron chi connectivity index (χ1n) is 6.60. The predicted octanol–water partition coefficient (Wildman–Crippen LogP) is 2.16. The Bertz CT molecular complexity index is 490. The molecule has 0 aromatic heterocycles. The summed E-state index contributed by atoms with van der Waals surface area (Å²) in [5, 5.41) is 11.4. The number of aliphatic hydroxyl groups excluding tert-OH is 1. The number of amides is 1. The monoisotopic (exact) mass is 304 g/mol. The van der Waals surface area contributed by atoms with Crippen molar-refractivity contribution in [1.29, 1.82) is 0 Å². The van der Waals surface area contributed by atoms with Crippen molar-refractivity contribution in [3.8, 4) is 0 Å². The number of carbonyl (C=O) groups is 1. The number of alkyl halides is 3. The molecule has 1 aromatic rings. The maximum Gasteiger partial charge on any atom is 0.418 e. The van der Waals surface area contributed by atoms with Gasteiger partial charge in [0.05, 0.1) is 18.7 Å². The van der Waals surface area contributed by atoms with Gasteiger partial charge in [-0.1, -0.05) is 13.0 Å². The number of likely N-dealkylation sites (N-methyl/N-ethyl adjacent to an activating group) is 1. The minimum Gasteiger partial charge on any atom is -0.392 e. The van der Waals surface area contributed by atoms with Crippen molar-refractivity contribution < 1.29 is 23.1 Å². The van der Waals surface area contributed by atoms with Crippen molar-refractivity contribution in [1.82, 2.24) is 5.32 Å². The molecule has 0 bridgehead atoms. The lowest BCUT2D eigenvalue weighted by Crippen LogP contribution is -2.37. The highest BCUT2D eigenvalue weighted by atomic mass is 19.4. The van der Waals surface area contributed by atoms with Crippen LogP contribution in [0.3, 0.4) is 0 Å². The Hall–Kier alpha value is -1.76. The molecule has 1 aromatic carbocycles. The number of halogens is 3. The van der Waals surface area contributed by atoms with Gasteiger partial charge < -0.3 is 15.3 Å². The highest BCUT2D eigenvalue weighted by Gasteiger charge is 2.35. The fraction of sp³-hybridized carbons (Fsp3) is 0.500. The van der Waals surface area contributed by atoms with Crippen LogP contribution in [0.15, 0.2) is 18.2 Å². The number of anilines is 1. The lowest BCUT2D eigenvalue weighted by molar-refractivity contribution is -0.137. The van der Waals surface area contributed by atoms with Crippen LogP contribution in [0.1, 0.15) is 24.5 Å². The van der Waals surface area contributed by atoms with Crippen LogP contribution < -0.4 is 10.2 Å². The van der Waals surface area contributed by atoms with Gasteiger partial charge in [0.25, 0.3) is 0 Å². The number of nitrogens with one attached hydrogen (secondary N) is 1. The molecular weight excluding hydrogens is 285 g/mol. The summed E-state index contributed by atoms with van der Waals surface area (Å²) < 4.78 is 39.5. The minimum absolute atomic E-state index is 0.0508. The SMILES string of the molecule is CCCN(CC(=O)NC)c1ccc(CO)cc1C(F)(F)F. The Morgan fingerprint density at radius 2 is 2.05 bits per heavy atom. The first kappa shape index (κ1) is 17.3. The fourth-order valence-electron chi connectivity index (χ4n) is 1.99. The third kappa shape index (κ3) is 4.63. The van der Waals surface area contributed by atoms with E-state index in [1.165, 1.54) is 24.1 Å². The second kappa shape index (κ2) is 7.31.